The lowest BCUT2D eigenvalue weighted by molar-refractivity contribution is 0.295. The molecular formula is C23H23Cl2N3O2. The lowest BCUT2D eigenvalue weighted by Gasteiger charge is -2.34. The molecule has 0 fully saturated rings. The Morgan fingerprint density at radius 3 is 2.47 bits per heavy atom. The number of para-hydroxylation sites is 1. The summed E-state index contributed by atoms with van der Waals surface area (Å²) in [6, 6.07) is 11.6. The van der Waals surface area contributed by atoms with Crippen LogP contribution in [0.3, 0.4) is 0 Å². The van der Waals surface area contributed by atoms with E-state index in [1.165, 1.54) is 0 Å². The van der Waals surface area contributed by atoms with Crippen LogP contribution in [0.2, 0.25) is 10.0 Å². The average Bonchev–Trinajstić information content (AvgIpc) is 2.70. The van der Waals surface area contributed by atoms with Crippen molar-refractivity contribution in [3.63, 3.8) is 0 Å². The molecule has 156 valence electrons. The van der Waals surface area contributed by atoms with Crippen LogP contribution in [-0.4, -0.2) is 24.5 Å². The van der Waals surface area contributed by atoms with Crippen LogP contribution in [0.4, 0.5) is 17.1 Å². The lowest BCUT2D eigenvalue weighted by atomic mass is 9.84. The monoisotopic (exact) mass is 443 g/mol. The van der Waals surface area contributed by atoms with Crippen molar-refractivity contribution in [2.45, 2.75) is 32.4 Å². The van der Waals surface area contributed by atoms with Crippen LogP contribution < -0.4 is 21.5 Å². The minimum Gasteiger partial charge on any atom is -0.378 e. The minimum absolute atomic E-state index is 0.0200. The fourth-order valence-corrected chi connectivity index (χ4v) is 4.67. The summed E-state index contributed by atoms with van der Waals surface area (Å²) >= 11 is 12.8. The molecule has 0 aromatic heterocycles. The van der Waals surface area contributed by atoms with E-state index in [9.17, 15) is 9.59 Å². The largest absolute Gasteiger partial charge is 0.378 e. The maximum absolute atomic E-state index is 12.2. The summed E-state index contributed by atoms with van der Waals surface area (Å²) < 4.78 is 0. The summed E-state index contributed by atoms with van der Waals surface area (Å²) in [5, 5.41) is 7.55. The molecule has 0 saturated carbocycles. The minimum atomic E-state index is -0.500. The number of likely N-dealkylation sites (N-methyl/N-ethyl adjacent to an activating group) is 1. The van der Waals surface area contributed by atoms with Gasteiger partial charge in [0.15, 0.2) is 0 Å². The molecule has 5 nitrogen and oxygen atoms in total. The van der Waals surface area contributed by atoms with Crippen molar-refractivity contribution in [2.75, 3.05) is 24.2 Å². The van der Waals surface area contributed by atoms with E-state index in [1.807, 2.05) is 44.2 Å². The number of nitrogens with one attached hydrogen (secondary N) is 2. The molecule has 30 heavy (non-hydrogen) atoms. The smallest absolute Gasteiger partial charge is 0.253 e. The first-order chi connectivity index (χ1) is 14.3. The second kappa shape index (κ2) is 8.06. The average molecular weight is 444 g/mol. The molecule has 7 heteroatoms. The van der Waals surface area contributed by atoms with E-state index in [0.29, 0.717) is 21.4 Å². The van der Waals surface area contributed by atoms with E-state index in [2.05, 4.69) is 22.6 Å². The number of hydrogen-bond acceptors (Lipinski definition) is 5. The molecule has 1 aliphatic rings. The summed E-state index contributed by atoms with van der Waals surface area (Å²) in [4.78, 5) is 26.5. The zero-order valence-electron chi connectivity index (χ0n) is 17.1. The standard InChI is InChI=1S/C23H23Cl2N3O2/c1-12(2)26-20-21(23(30)22(20)29)27-19-7-5-4-6-14(19)16-10-28(3)11-17-15(16)8-13(24)9-18(17)25/h4-9,12,16,26-27H,10-11H2,1-3H3/t16-/m0/s1. The molecule has 0 unspecified atom stereocenters. The molecule has 0 saturated heterocycles. The molecule has 3 aromatic rings. The van der Waals surface area contributed by atoms with E-state index in [4.69, 9.17) is 23.2 Å². The van der Waals surface area contributed by atoms with E-state index < -0.39 is 10.9 Å². The van der Waals surface area contributed by atoms with Gasteiger partial charge in [-0.1, -0.05) is 41.4 Å². The van der Waals surface area contributed by atoms with Gasteiger partial charge < -0.3 is 15.5 Å². The molecule has 3 aromatic carbocycles. The zero-order valence-corrected chi connectivity index (χ0v) is 18.6. The highest BCUT2D eigenvalue weighted by molar-refractivity contribution is 6.35. The van der Waals surface area contributed by atoms with Crippen LogP contribution in [0.25, 0.3) is 0 Å². The van der Waals surface area contributed by atoms with E-state index in [1.54, 1.807) is 6.07 Å². The Bertz CT molecular complexity index is 1180. The van der Waals surface area contributed by atoms with Gasteiger partial charge in [-0.25, -0.2) is 0 Å². The zero-order chi connectivity index (χ0) is 21.6. The molecule has 0 radical (unpaired) electrons. The fourth-order valence-electron chi connectivity index (χ4n) is 4.10. The molecule has 0 aliphatic carbocycles. The van der Waals surface area contributed by atoms with Gasteiger partial charge in [-0.15, -0.1) is 0 Å². The first-order valence-corrected chi connectivity index (χ1v) is 10.6. The first kappa shape index (κ1) is 20.9. The molecule has 0 spiro atoms. The van der Waals surface area contributed by atoms with Crippen LogP contribution in [0, 0.1) is 0 Å². The van der Waals surface area contributed by atoms with E-state index in [-0.39, 0.29) is 12.0 Å². The van der Waals surface area contributed by atoms with Gasteiger partial charge >= 0.3 is 0 Å². The quantitative estimate of drug-likeness (QED) is 0.558. The second-order valence-electron chi connectivity index (χ2n) is 8.12. The van der Waals surface area contributed by atoms with E-state index >= 15 is 0 Å². The maximum atomic E-state index is 12.2. The van der Waals surface area contributed by atoms with Crippen LogP contribution in [-0.2, 0) is 6.54 Å². The van der Waals surface area contributed by atoms with Crippen molar-refractivity contribution < 1.29 is 0 Å². The Hall–Kier alpha value is -2.34. The molecule has 4 rings (SSSR count). The molecule has 1 aliphatic heterocycles. The first-order valence-electron chi connectivity index (χ1n) is 9.88. The highest BCUT2D eigenvalue weighted by atomic mass is 35.5. The SMILES string of the molecule is CC(C)Nc1c(Nc2ccccc2[C@@H]2CN(C)Cc3c(Cl)cc(Cl)cc32)c(=O)c1=O. The van der Waals surface area contributed by atoms with Gasteiger partial charge in [0.25, 0.3) is 10.9 Å². The number of benzene rings is 2. The predicted octanol–water partition coefficient (Wildman–Crippen LogP) is 4.73. The third kappa shape index (κ3) is 3.73. The van der Waals surface area contributed by atoms with Gasteiger partial charge in [0.2, 0.25) is 0 Å². The third-order valence-electron chi connectivity index (χ3n) is 5.43. The summed E-state index contributed by atoms with van der Waals surface area (Å²) in [5.41, 5.74) is 3.64. The number of hydrogen-bond donors (Lipinski definition) is 2. The van der Waals surface area contributed by atoms with Crippen LogP contribution in [0.5, 0.6) is 0 Å². The highest BCUT2D eigenvalue weighted by Crippen LogP contribution is 2.41. The fraction of sp³-hybridized carbons (Fsp3) is 0.304. The van der Waals surface area contributed by atoms with Crippen molar-refractivity contribution in [3.8, 4) is 0 Å². The Morgan fingerprint density at radius 2 is 1.73 bits per heavy atom. The van der Waals surface area contributed by atoms with Crippen molar-refractivity contribution in [1.82, 2.24) is 4.90 Å². The van der Waals surface area contributed by atoms with Crippen molar-refractivity contribution >= 4 is 40.3 Å². The number of anilines is 3. The van der Waals surface area contributed by atoms with Gasteiger partial charge in [-0.05, 0) is 55.8 Å². The normalized spacial score (nSPS) is 16.7. The van der Waals surface area contributed by atoms with Gasteiger partial charge in [0, 0.05) is 40.8 Å². The Balaban J connectivity index is 1.77. The second-order valence-corrected chi connectivity index (χ2v) is 8.97. The van der Waals surface area contributed by atoms with Crippen LogP contribution in [0.1, 0.15) is 36.5 Å². The lowest BCUT2D eigenvalue weighted by Crippen LogP contribution is -2.38. The van der Waals surface area contributed by atoms with Gasteiger partial charge in [0.05, 0.1) is 0 Å². The van der Waals surface area contributed by atoms with Gasteiger partial charge in [0.1, 0.15) is 11.4 Å². The van der Waals surface area contributed by atoms with Gasteiger partial charge in [-0.3, -0.25) is 9.59 Å². The Labute approximate surface area is 185 Å². The van der Waals surface area contributed by atoms with E-state index in [0.717, 1.165) is 35.5 Å². The predicted molar refractivity (Wildman–Crippen MR) is 124 cm³/mol. The molecule has 1 heterocycles. The molecule has 1 atom stereocenters. The maximum Gasteiger partial charge on any atom is 0.253 e. The summed E-state index contributed by atoms with van der Waals surface area (Å²) in [6.07, 6.45) is 0. The summed E-state index contributed by atoms with van der Waals surface area (Å²) in [5.74, 6) is 0.0200. The Morgan fingerprint density at radius 1 is 1.03 bits per heavy atom. The number of rotatable bonds is 5. The molecule has 0 amide bonds. The summed E-state index contributed by atoms with van der Waals surface area (Å²) in [7, 11) is 2.05. The van der Waals surface area contributed by atoms with Crippen LogP contribution >= 0.6 is 23.2 Å². The molecular weight excluding hydrogens is 421 g/mol. The number of nitrogens with zero attached hydrogens (tertiary/aromatic N) is 1. The highest BCUT2D eigenvalue weighted by Gasteiger charge is 2.29. The number of halogens is 2. The van der Waals surface area contributed by atoms with Crippen molar-refractivity contribution in [3.05, 3.63) is 83.6 Å². The van der Waals surface area contributed by atoms with Crippen molar-refractivity contribution in [1.29, 1.82) is 0 Å². The summed E-state index contributed by atoms with van der Waals surface area (Å²) in [6.45, 7) is 5.39. The van der Waals surface area contributed by atoms with Gasteiger partial charge in [-0.2, -0.15) is 0 Å². The molecule has 2 N–H and O–H groups in total. The Kier molecular flexibility index (Phi) is 5.62. The van der Waals surface area contributed by atoms with Crippen molar-refractivity contribution in [2.24, 2.45) is 0 Å². The van der Waals surface area contributed by atoms with Crippen LogP contribution in [0.15, 0.2) is 46.0 Å². The topological polar surface area (TPSA) is 61.4 Å². The molecule has 0 bridgehead atoms. The number of fused-ring (bicyclic) bond motifs is 1. The third-order valence-corrected chi connectivity index (χ3v) is 5.99.